The van der Waals surface area contributed by atoms with Crippen LogP contribution in [0.4, 0.5) is 14.9 Å². The van der Waals surface area contributed by atoms with Crippen molar-refractivity contribution in [2.75, 3.05) is 4.31 Å². The Balaban J connectivity index is 2.24. The van der Waals surface area contributed by atoms with Crippen molar-refractivity contribution in [3.63, 3.8) is 0 Å². The Hall–Kier alpha value is -1.67. The van der Waals surface area contributed by atoms with Gasteiger partial charge in [-0.3, -0.25) is 4.55 Å². The van der Waals surface area contributed by atoms with E-state index in [0.29, 0.717) is 12.8 Å². The number of para-hydroxylation sites is 1. The molecule has 0 unspecified atom stereocenters. The van der Waals surface area contributed by atoms with Crippen LogP contribution in [0, 0.1) is 5.82 Å². The largest absolute Gasteiger partial charge is 0.445 e. The van der Waals surface area contributed by atoms with Crippen molar-refractivity contribution in [3.05, 3.63) is 30.1 Å². The lowest BCUT2D eigenvalue weighted by Gasteiger charge is -2.25. The number of halogens is 1. The van der Waals surface area contributed by atoms with E-state index in [4.69, 9.17) is 4.74 Å². The molecule has 21 heavy (non-hydrogen) atoms. The second kappa shape index (κ2) is 6.40. The molecule has 2 rings (SSSR count). The van der Waals surface area contributed by atoms with Gasteiger partial charge in [-0.2, -0.15) is 8.42 Å². The zero-order valence-electron chi connectivity index (χ0n) is 11.2. The maximum atomic E-state index is 13.7. The highest BCUT2D eigenvalue weighted by molar-refractivity contribution is 7.88. The van der Waals surface area contributed by atoms with Crippen LogP contribution in [-0.4, -0.2) is 25.2 Å². The second-order valence-corrected chi connectivity index (χ2v) is 6.10. The third kappa shape index (κ3) is 3.92. The summed E-state index contributed by atoms with van der Waals surface area (Å²) in [7, 11) is -4.97. The van der Waals surface area contributed by atoms with Gasteiger partial charge in [0, 0.05) is 0 Å². The third-order valence-corrected chi connectivity index (χ3v) is 4.09. The van der Waals surface area contributed by atoms with E-state index in [1.54, 1.807) is 0 Å². The molecule has 0 aliphatic heterocycles. The average Bonchev–Trinajstić information content (AvgIpc) is 2.41. The lowest BCUT2D eigenvalue weighted by atomic mass is 9.98. The molecule has 8 heteroatoms. The summed E-state index contributed by atoms with van der Waals surface area (Å²) in [6.45, 7) is 0. The van der Waals surface area contributed by atoms with Gasteiger partial charge in [-0.25, -0.2) is 9.18 Å². The van der Waals surface area contributed by atoms with Gasteiger partial charge >= 0.3 is 16.4 Å². The number of nitrogens with zero attached hydrogens (tertiary/aromatic N) is 1. The summed E-state index contributed by atoms with van der Waals surface area (Å²) in [5, 5.41) is 0. The van der Waals surface area contributed by atoms with Crippen molar-refractivity contribution in [2.45, 2.75) is 38.2 Å². The second-order valence-electron chi connectivity index (χ2n) is 4.84. The lowest BCUT2D eigenvalue weighted by Crippen LogP contribution is -2.39. The highest BCUT2D eigenvalue weighted by atomic mass is 32.2. The molecule has 0 bridgehead atoms. The van der Waals surface area contributed by atoms with Crippen LogP contribution in [0.2, 0.25) is 0 Å². The predicted octanol–water partition coefficient (Wildman–Crippen LogP) is 2.90. The summed E-state index contributed by atoms with van der Waals surface area (Å²) < 4.78 is 50.6. The van der Waals surface area contributed by atoms with E-state index < -0.39 is 34.0 Å². The number of rotatable bonds is 3. The van der Waals surface area contributed by atoms with E-state index in [1.165, 1.54) is 12.1 Å². The SMILES string of the molecule is O=C(OC1CCCCC1)N(c1ccccc1F)S(=O)(=O)O. The summed E-state index contributed by atoms with van der Waals surface area (Å²) >= 11 is 0. The van der Waals surface area contributed by atoms with Gasteiger partial charge in [-0.05, 0) is 37.8 Å². The molecule has 1 fully saturated rings. The molecule has 0 radical (unpaired) electrons. The minimum atomic E-state index is -4.97. The van der Waals surface area contributed by atoms with Crippen LogP contribution < -0.4 is 4.31 Å². The molecule has 1 amide bonds. The van der Waals surface area contributed by atoms with Gasteiger partial charge < -0.3 is 4.74 Å². The van der Waals surface area contributed by atoms with Gasteiger partial charge in [0.05, 0.1) is 0 Å². The summed E-state index contributed by atoms with van der Waals surface area (Å²) in [4.78, 5) is 12.0. The van der Waals surface area contributed by atoms with Crippen molar-refractivity contribution in [1.29, 1.82) is 0 Å². The molecule has 1 N–H and O–H groups in total. The first-order valence-corrected chi connectivity index (χ1v) is 8.02. The fourth-order valence-corrected chi connectivity index (χ4v) is 2.93. The van der Waals surface area contributed by atoms with Gasteiger partial charge in [0.1, 0.15) is 17.6 Å². The van der Waals surface area contributed by atoms with Crippen molar-refractivity contribution in [3.8, 4) is 0 Å². The summed E-state index contributed by atoms with van der Waals surface area (Å²) in [5.74, 6) is -0.948. The molecule has 116 valence electrons. The van der Waals surface area contributed by atoms with Crippen LogP contribution in [0.25, 0.3) is 0 Å². The van der Waals surface area contributed by atoms with Crippen LogP contribution in [0.15, 0.2) is 24.3 Å². The maximum absolute atomic E-state index is 13.7. The van der Waals surface area contributed by atoms with E-state index in [0.717, 1.165) is 31.4 Å². The summed E-state index contributed by atoms with van der Waals surface area (Å²) in [5.41, 5.74) is -0.569. The van der Waals surface area contributed by atoms with E-state index in [9.17, 15) is 22.2 Å². The highest BCUT2D eigenvalue weighted by Gasteiger charge is 2.33. The Morgan fingerprint density at radius 3 is 2.43 bits per heavy atom. The number of hydrogen-bond acceptors (Lipinski definition) is 4. The van der Waals surface area contributed by atoms with Crippen LogP contribution >= 0.6 is 0 Å². The molecule has 1 saturated carbocycles. The number of carbonyl (C=O) groups excluding carboxylic acids is 1. The first-order valence-electron chi connectivity index (χ1n) is 6.62. The summed E-state index contributed by atoms with van der Waals surface area (Å²) in [6, 6.07) is 4.75. The molecule has 0 spiro atoms. The molecule has 1 aromatic rings. The van der Waals surface area contributed by atoms with Gasteiger partial charge in [0.15, 0.2) is 0 Å². The minimum Gasteiger partial charge on any atom is -0.445 e. The van der Waals surface area contributed by atoms with Gasteiger partial charge in [0.25, 0.3) is 0 Å². The Kier molecular flexibility index (Phi) is 4.79. The lowest BCUT2D eigenvalue weighted by molar-refractivity contribution is 0.0833. The number of benzene rings is 1. The van der Waals surface area contributed by atoms with Crippen LogP contribution in [0.3, 0.4) is 0 Å². The fraction of sp³-hybridized carbons (Fsp3) is 0.462. The number of amides is 1. The Morgan fingerprint density at radius 1 is 1.24 bits per heavy atom. The molecule has 6 nitrogen and oxygen atoms in total. The van der Waals surface area contributed by atoms with Gasteiger partial charge in [-0.1, -0.05) is 18.6 Å². The molecule has 0 atom stereocenters. The van der Waals surface area contributed by atoms with Crippen molar-refractivity contribution in [1.82, 2.24) is 0 Å². The van der Waals surface area contributed by atoms with E-state index in [-0.39, 0.29) is 4.31 Å². The summed E-state index contributed by atoms with van der Waals surface area (Å²) in [6.07, 6.45) is 2.33. The van der Waals surface area contributed by atoms with E-state index >= 15 is 0 Å². The van der Waals surface area contributed by atoms with E-state index in [2.05, 4.69) is 0 Å². The molecule has 1 aromatic carbocycles. The van der Waals surface area contributed by atoms with Gasteiger partial charge in [0.2, 0.25) is 0 Å². The molecule has 0 aromatic heterocycles. The van der Waals surface area contributed by atoms with E-state index in [1.807, 2.05) is 0 Å². The van der Waals surface area contributed by atoms with Crippen molar-refractivity contribution in [2.24, 2.45) is 0 Å². The average molecular weight is 317 g/mol. The van der Waals surface area contributed by atoms with Crippen molar-refractivity contribution < 1.29 is 26.9 Å². The van der Waals surface area contributed by atoms with Gasteiger partial charge in [-0.15, -0.1) is 4.31 Å². The maximum Gasteiger partial charge on any atom is 0.430 e. The first-order chi connectivity index (χ1) is 9.89. The van der Waals surface area contributed by atoms with Crippen LogP contribution in [0.5, 0.6) is 0 Å². The molecule has 1 aliphatic rings. The topological polar surface area (TPSA) is 83.9 Å². The number of hydrogen-bond donors (Lipinski definition) is 1. The third-order valence-electron chi connectivity index (χ3n) is 3.29. The van der Waals surface area contributed by atoms with Crippen LogP contribution in [0.1, 0.15) is 32.1 Å². The number of ether oxygens (including phenoxy) is 1. The fourth-order valence-electron chi connectivity index (χ4n) is 2.31. The Morgan fingerprint density at radius 2 is 1.86 bits per heavy atom. The molecular weight excluding hydrogens is 301 g/mol. The Labute approximate surface area is 122 Å². The molecular formula is C13H16FNO5S. The predicted molar refractivity (Wildman–Crippen MR) is 73.8 cm³/mol. The Bertz CT molecular complexity index is 613. The van der Waals surface area contributed by atoms with Crippen molar-refractivity contribution >= 4 is 22.1 Å². The quantitative estimate of drug-likeness (QED) is 0.867. The zero-order chi connectivity index (χ0) is 15.5. The minimum absolute atomic E-state index is 0.0586. The smallest absolute Gasteiger partial charge is 0.430 e. The molecule has 1 aliphatic carbocycles. The number of carbonyl (C=O) groups is 1. The standard InChI is InChI=1S/C13H16FNO5S/c14-11-8-4-5-9-12(11)15(21(17,18)19)13(16)20-10-6-2-1-3-7-10/h4-5,8-10H,1-3,6-7H2,(H,17,18,19). The highest BCUT2D eigenvalue weighted by Crippen LogP contribution is 2.25. The molecule has 0 saturated heterocycles. The monoisotopic (exact) mass is 317 g/mol. The molecule has 0 heterocycles. The first kappa shape index (κ1) is 15.7. The number of anilines is 1. The zero-order valence-corrected chi connectivity index (χ0v) is 12.1. The van der Waals surface area contributed by atoms with Crippen LogP contribution in [-0.2, 0) is 15.0 Å². The normalized spacial score (nSPS) is 16.5.